The van der Waals surface area contributed by atoms with Crippen LogP contribution in [-0.2, 0) is 0 Å². The predicted octanol–water partition coefficient (Wildman–Crippen LogP) is 1.51. The van der Waals surface area contributed by atoms with Crippen LogP contribution in [0.4, 0.5) is 0 Å². The number of fused-ring (bicyclic) bond motifs is 1. The number of hydrogen-bond acceptors (Lipinski definition) is 4. The van der Waals surface area contributed by atoms with Gasteiger partial charge in [0.15, 0.2) is 11.5 Å². The molecule has 3 atom stereocenters. The van der Waals surface area contributed by atoms with Gasteiger partial charge in [-0.25, -0.2) is 0 Å². The van der Waals surface area contributed by atoms with Gasteiger partial charge in [-0.1, -0.05) is 12.1 Å². The van der Waals surface area contributed by atoms with Crippen LogP contribution in [0.15, 0.2) is 24.3 Å². The van der Waals surface area contributed by atoms with Crippen molar-refractivity contribution < 1.29 is 9.47 Å². The molecule has 1 saturated heterocycles. The van der Waals surface area contributed by atoms with Crippen LogP contribution in [0, 0.1) is 0 Å². The third kappa shape index (κ3) is 2.85. The number of ether oxygens (including phenoxy) is 2. The molecule has 0 aliphatic carbocycles. The second-order valence-corrected chi connectivity index (χ2v) is 5.61. The number of para-hydroxylation sites is 2. The van der Waals surface area contributed by atoms with E-state index in [2.05, 4.69) is 24.1 Å². The average Bonchev–Trinajstić information content (AvgIpc) is 2.43. The average molecular weight is 262 g/mol. The van der Waals surface area contributed by atoms with Gasteiger partial charge in [-0.2, -0.15) is 0 Å². The first-order valence-electron chi connectivity index (χ1n) is 7.08. The maximum absolute atomic E-state index is 6.03. The summed E-state index contributed by atoms with van der Waals surface area (Å²) in [6, 6.07) is 9.00. The maximum atomic E-state index is 6.03. The molecule has 104 valence electrons. The summed E-state index contributed by atoms with van der Waals surface area (Å²) < 4.78 is 11.8. The Morgan fingerprint density at radius 1 is 1.26 bits per heavy atom. The van der Waals surface area contributed by atoms with Crippen LogP contribution in [0.5, 0.6) is 11.5 Å². The molecule has 1 fully saturated rings. The lowest BCUT2D eigenvalue weighted by molar-refractivity contribution is 0.0352. The molecule has 0 saturated carbocycles. The van der Waals surface area contributed by atoms with Crippen molar-refractivity contribution in [3.63, 3.8) is 0 Å². The number of benzene rings is 1. The van der Waals surface area contributed by atoms with E-state index < -0.39 is 0 Å². The monoisotopic (exact) mass is 262 g/mol. The van der Waals surface area contributed by atoms with Crippen molar-refractivity contribution in [1.29, 1.82) is 0 Å². The van der Waals surface area contributed by atoms with E-state index in [-0.39, 0.29) is 6.10 Å². The van der Waals surface area contributed by atoms with Crippen molar-refractivity contribution in [3.8, 4) is 11.5 Å². The molecule has 4 heteroatoms. The summed E-state index contributed by atoms with van der Waals surface area (Å²) in [7, 11) is 0. The van der Waals surface area contributed by atoms with Crippen LogP contribution in [0.25, 0.3) is 0 Å². The van der Waals surface area contributed by atoms with Crippen LogP contribution in [0.1, 0.15) is 13.8 Å². The smallest absolute Gasteiger partial charge is 0.161 e. The highest BCUT2D eigenvalue weighted by Crippen LogP contribution is 2.31. The van der Waals surface area contributed by atoms with Gasteiger partial charge in [0.05, 0.1) is 0 Å². The Hall–Kier alpha value is -1.26. The van der Waals surface area contributed by atoms with E-state index in [9.17, 15) is 0 Å². The molecule has 0 spiro atoms. The fraction of sp³-hybridized carbons (Fsp3) is 0.600. The summed E-state index contributed by atoms with van der Waals surface area (Å²) >= 11 is 0. The summed E-state index contributed by atoms with van der Waals surface area (Å²) in [4.78, 5) is 2.49. The Kier molecular flexibility index (Phi) is 3.62. The normalized spacial score (nSPS) is 31.2. The molecule has 19 heavy (non-hydrogen) atoms. The summed E-state index contributed by atoms with van der Waals surface area (Å²) in [5, 5.41) is 3.50. The Bertz CT molecular complexity index is 438. The molecule has 1 aromatic carbocycles. The highest BCUT2D eigenvalue weighted by molar-refractivity contribution is 5.40. The highest BCUT2D eigenvalue weighted by atomic mass is 16.6. The first kappa shape index (κ1) is 12.8. The van der Waals surface area contributed by atoms with Gasteiger partial charge < -0.3 is 14.8 Å². The second kappa shape index (κ2) is 5.39. The van der Waals surface area contributed by atoms with E-state index in [1.165, 1.54) is 0 Å². The van der Waals surface area contributed by atoms with E-state index in [1.54, 1.807) is 0 Å². The molecule has 1 N–H and O–H groups in total. The van der Waals surface area contributed by atoms with E-state index in [0.717, 1.165) is 31.1 Å². The zero-order valence-electron chi connectivity index (χ0n) is 11.6. The van der Waals surface area contributed by atoms with Crippen LogP contribution in [0.2, 0.25) is 0 Å². The molecular formula is C15H22N2O2. The number of hydrogen-bond donors (Lipinski definition) is 1. The SMILES string of the molecule is C[C@@H]1CN[C@@H](C)CN1C[C@@H]1COc2ccccc2O1. The molecule has 0 amide bonds. The molecule has 0 aromatic heterocycles. The van der Waals surface area contributed by atoms with E-state index in [4.69, 9.17) is 9.47 Å². The minimum atomic E-state index is 0.127. The molecular weight excluding hydrogens is 240 g/mol. The Balaban J connectivity index is 1.62. The van der Waals surface area contributed by atoms with Crippen molar-refractivity contribution >= 4 is 0 Å². The second-order valence-electron chi connectivity index (χ2n) is 5.61. The first-order chi connectivity index (χ1) is 9.22. The standard InChI is InChI=1S/C15H22N2O2/c1-11-8-17(12(2)7-16-11)9-13-10-18-14-5-3-4-6-15(14)19-13/h3-6,11-13,16H,7-10H2,1-2H3/t11-,12+,13+/m0/s1. The van der Waals surface area contributed by atoms with Gasteiger partial charge in [0, 0.05) is 31.7 Å². The lowest BCUT2D eigenvalue weighted by Crippen LogP contribution is -2.57. The molecule has 2 heterocycles. The zero-order valence-corrected chi connectivity index (χ0v) is 11.6. The van der Waals surface area contributed by atoms with Gasteiger partial charge in [0.25, 0.3) is 0 Å². The Morgan fingerprint density at radius 3 is 2.89 bits per heavy atom. The van der Waals surface area contributed by atoms with Gasteiger partial charge in [-0.15, -0.1) is 0 Å². The summed E-state index contributed by atoms with van der Waals surface area (Å²) in [5.41, 5.74) is 0. The Morgan fingerprint density at radius 2 is 2.05 bits per heavy atom. The van der Waals surface area contributed by atoms with Crippen molar-refractivity contribution in [1.82, 2.24) is 10.2 Å². The number of rotatable bonds is 2. The van der Waals surface area contributed by atoms with Gasteiger partial charge in [-0.3, -0.25) is 4.90 Å². The lowest BCUT2D eigenvalue weighted by atomic mass is 10.1. The molecule has 0 unspecified atom stereocenters. The molecule has 0 bridgehead atoms. The maximum Gasteiger partial charge on any atom is 0.161 e. The summed E-state index contributed by atoms with van der Waals surface area (Å²) in [5.74, 6) is 1.73. The number of nitrogens with zero attached hydrogens (tertiary/aromatic N) is 1. The quantitative estimate of drug-likeness (QED) is 0.876. The van der Waals surface area contributed by atoms with Gasteiger partial charge in [-0.05, 0) is 26.0 Å². The van der Waals surface area contributed by atoms with Crippen molar-refractivity contribution in [2.45, 2.75) is 32.0 Å². The van der Waals surface area contributed by atoms with Gasteiger partial charge >= 0.3 is 0 Å². The van der Waals surface area contributed by atoms with E-state index in [0.29, 0.717) is 18.7 Å². The zero-order chi connectivity index (χ0) is 13.2. The number of piperazine rings is 1. The first-order valence-corrected chi connectivity index (χ1v) is 7.08. The van der Waals surface area contributed by atoms with Crippen LogP contribution in [-0.4, -0.2) is 49.3 Å². The lowest BCUT2D eigenvalue weighted by Gasteiger charge is -2.40. The summed E-state index contributed by atoms with van der Waals surface area (Å²) in [6.07, 6.45) is 0.127. The van der Waals surface area contributed by atoms with Crippen LogP contribution < -0.4 is 14.8 Å². The topological polar surface area (TPSA) is 33.7 Å². The van der Waals surface area contributed by atoms with Crippen LogP contribution >= 0.6 is 0 Å². The Labute approximate surface area is 114 Å². The van der Waals surface area contributed by atoms with E-state index >= 15 is 0 Å². The fourth-order valence-electron chi connectivity index (χ4n) is 2.77. The molecule has 3 rings (SSSR count). The minimum absolute atomic E-state index is 0.127. The highest BCUT2D eigenvalue weighted by Gasteiger charge is 2.28. The van der Waals surface area contributed by atoms with Crippen molar-refractivity contribution in [2.24, 2.45) is 0 Å². The third-order valence-electron chi connectivity index (χ3n) is 3.90. The van der Waals surface area contributed by atoms with Crippen LogP contribution in [0.3, 0.4) is 0 Å². The van der Waals surface area contributed by atoms with Gasteiger partial charge in [0.2, 0.25) is 0 Å². The summed E-state index contributed by atoms with van der Waals surface area (Å²) in [6.45, 7) is 8.18. The molecule has 4 nitrogen and oxygen atoms in total. The minimum Gasteiger partial charge on any atom is -0.486 e. The van der Waals surface area contributed by atoms with E-state index in [1.807, 2.05) is 24.3 Å². The molecule has 2 aliphatic heterocycles. The predicted molar refractivity (Wildman–Crippen MR) is 74.9 cm³/mol. The fourth-order valence-corrected chi connectivity index (χ4v) is 2.77. The molecule has 0 radical (unpaired) electrons. The largest absolute Gasteiger partial charge is 0.486 e. The van der Waals surface area contributed by atoms with Crippen molar-refractivity contribution in [3.05, 3.63) is 24.3 Å². The number of nitrogens with one attached hydrogen (secondary N) is 1. The van der Waals surface area contributed by atoms with Gasteiger partial charge in [0.1, 0.15) is 12.7 Å². The van der Waals surface area contributed by atoms with Crippen molar-refractivity contribution in [2.75, 3.05) is 26.2 Å². The molecule has 2 aliphatic rings. The third-order valence-corrected chi connectivity index (χ3v) is 3.90. The molecule has 1 aromatic rings.